The second-order valence-corrected chi connectivity index (χ2v) is 20.0. The average molecular weight is 861 g/mol. The van der Waals surface area contributed by atoms with Crippen LogP contribution in [0.15, 0.2) is 0 Å². The van der Waals surface area contributed by atoms with E-state index in [9.17, 15) is 14.7 Å². The predicted octanol–water partition coefficient (Wildman–Crippen LogP) is 14.4. The van der Waals surface area contributed by atoms with Crippen molar-refractivity contribution in [3.05, 3.63) is 0 Å². The lowest BCUT2D eigenvalue weighted by Crippen LogP contribution is -2.47. The fraction of sp³-hybridized carbons (Fsp3) is 0.963. The maximum atomic E-state index is 13.5. The second kappa shape index (κ2) is 39.2. The highest BCUT2D eigenvalue weighted by atomic mass is 16.5. The first kappa shape index (κ1) is 56.0. The van der Waals surface area contributed by atoms with Crippen LogP contribution in [0.3, 0.4) is 0 Å². The van der Waals surface area contributed by atoms with Crippen molar-refractivity contribution < 1.29 is 24.2 Å². The minimum absolute atomic E-state index is 0.0376. The van der Waals surface area contributed by atoms with E-state index in [2.05, 4.69) is 37.5 Å². The Morgan fingerprint density at radius 3 is 1.18 bits per heavy atom. The Morgan fingerprint density at radius 2 is 0.787 bits per heavy atom. The standard InChI is InChI=1S/C54H104N2O5/c1-5-9-13-17-19-23-32-48(30-21-15-11-7-3)44-53(58)60-46-50(47-61-54(59)45-49(31-22-16-12-8-4)33-24-20-18-14-10-6-2)34-27-28-39-55(52-37-29-38-52)40-41-56(42-43-57)51-35-25-26-36-51/h48-52,57H,5-47H2,1-4H3. The van der Waals surface area contributed by atoms with Crippen LogP contribution in [0, 0.1) is 17.8 Å². The Bertz CT molecular complexity index is 950. The number of carbonyl (C=O) groups excluding carboxylic acids is 2. The van der Waals surface area contributed by atoms with Gasteiger partial charge in [-0.15, -0.1) is 0 Å². The summed E-state index contributed by atoms with van der Waals surface area (Å²) >= 11 is 0. The van der Waals surface area contributed by atoms with Crippen LogP contribution in [-0.2, 0) is 19.1 Å². The zero-order valence-corrected chi connectivity index (χ0v) is 41.3. The normalized spacial score (nSPS) is 16.3. The highest BCUT2D eigenvalue weighted by Crippen LogP contribution is 2.28. The first-order valence-electron chi connectivity index (χ1n) is 27.3. The molecule has 2 fully saturated rings. The summed E-state index contributed by atoms with van der Waals surface area (Å²) in [4.78, 5) is 32.3. The third kappa shape index (κ3) is 29.1. The third-order valence-corrected chi connectivity index (χ3v) is 14.5. The Kier molecular flexibility index (Phi) is 36.0. The molecule has 61 heavy (non-hydrogen) atoms. The van der Waals surface area contributed by atoms with Crippen molar-refractivity contribution in [1.29, 1.82) is 0 Å². The van der Waals surface area contributed by atoms with Crippen molar-refractivity contribution in [2.45, 2.75) is 271 Å². The van der Waals surface area contributed by atoms with Crippen LogP contribution < -0.4 is 0 Å². The van der Waals surface area contributed by atoms with E-state index in [-0.39, 0.29) is 24.5 Å². The highest BCUT2D eigenvalue weighted by molar-refractivity contribution is 5.70. The summed E-state index contributed by atoms with van der Waals surface area (Å²) in [5.41, 5.74) is 0. The Balaban J connectivity index is 2.00. The van der Waals surface area contributed by atoms with Gasteiger partial charge in [-0.3, -0.25) is 19.4 Å². The molecule has 7 nitrogen and oxygen atoms in total. The van der Waals surface area contributed by atoms with Crippen LogP contribution in [0.1, 0.15) is 259 Å². The van der Waals surface area contributed by atoms with E-state index in [0.29, 0.717) is 50.0 Å². The van der Waals surface area contributed by atoms with Crippen LogP contribution >= 0.6 is 0 Å². The summed E-state index contributed by atoms with van der Waals surface area (Å²) in [6, 6.07) is 1.33. The van der Waals surface area contributed by atoms with Gasteiger partial charge in [-0.2, -0.15) is 0 Å². The zero-order valence-electron chi connectivity index (χ0n) is 41.3. The van der Waals surface area contributed by atoms with Gasteiger partial charge < -0.3 is 14.6 Å². The van der Waals surface area contributed by atoms with Gasteiger partial charge in [0.2, 0.25) is 0 Å². The molecule has 360 valence electrons. The van der Waals surface area contributed by atoms with E-state index >= 15 is 0 Å². The Hall–Kier alpha value is -1.18. The maximum Gasteiger partial charge on any atom is 0.306 e. The number of carbonyl (C=O) groups is 2. The van der Waals surface area contributed by atoms with Gasteiger partial charge in [0, 0.05) is 50.5 Å². The van der Waals surface area contributed by atoms with E-state index < -0.39 is 0 Å². The largest absolute Gasteiger partial charge is 0.465 e. The minimum Gasteiger partial charge on any atom is -0.465 e. The molecule has 0 aromatic heterocycles. The molecule has 2 unspecified atom stereocenters. The fourth-order valence-electron chi connectivity index (χ4n) is 10.2. The molecular weight excluding hydrogens is 757 g/mol. The number of aliphatic hydroxyl groups is 1. The molecular formula is C54H104N2O5. The first-order chi connectivity index (χ1) is 29.9. The molecule has 0 spiro atoms. The summed E-state index contributed by atoms with van der Waals surface area (Å²) < 4.78 is 12.2. The number of esters is 2. The summed E-state index contributed by atoms with van der Waals surface area (Å²) in [6.45, 7) is 14.0. The number of nitrogens with zero attached hydrogens (tertiary/aromatic N) is 2. The van der Waals surface area contributed by atoms with Crippen molar-refractivity contribution in [2.75, 3.05) is 46.0 Å². The summed E-state index contributed by atoms with van der Waals surface area (Å²) in [7, 11) is 0. The monoisotopic (exact) mass is 861 g/mol. The van der Waals surface area contributed by atoms with E-state index in [4.69, 9.17) is 9.47 Å². The van der Waals surface area contributed by atoms with Crippen LogP contribution in [0.2, 0.25) is 0 Å². The van der Waals surface area contributed by atoms with Crippen LogP contribution in [0.25, 0.3) is 0 Å². The summed E-state index contributed by atoms with van der Waals surface area (Å²) in [6.07, 6.45) is 43.1. The molecule has 0 saturated heterocycles. The molecule has 1 N–H and O–H groups in total. The van der Waals surface area contributed by atoms with Crippen molar-refractivity contribution >= 4 is 11.9 Å². The quantitative estimate of drug-likeness (QED) is 0.0483. The van der Waals surface area contributed by atoms with Gasteiger partial charge in [0.1, 0.15) is 0 Å². The van der Waals surface area contributed by atoms with Crippen molar-refractivity contribution in [3.63, 3.8) is 0 Å². The lowest BCUT2D eigenvalue weighted by molar-refractivity contribution is -0.150. The van der Waals surface area contributed by atoms with E-state index in [1.807, 2.05) is 0 Å². The summed E-state index contributed by atoms with van der Waals surface area (Å²) in [5, 5.41) is 9.82. The molecule has 0 radical (unpaired) electrons. The lowest BCUT2D eigenvalue weighted by atomic mass is 9.91. The number of hydrogen-bond acceptors (Lipinski definition) is 7. The number of aliphatic hydroxyl groups excluding tert-OH is 1. The van der Waals surface area contributed by atoms with E-state index in [1.165, 1.54) is 173 Å². The molecule has 0 aromatic rings. The van der Waals surface area contributed by atoms with Crippen molar-refractivity contribution in [2.24, 2.45) is 17.8 Å². The number of hydrogen-bond donors (Lipinski definition) is 1. The Morgan fingerprint density at radius 1 is 0.443 bits per heavy atom. The van der Waals surface area contributed by atoms with Gasteiger partial charge in [-0.05, 0) is 82.6 Å². The van der Waals surface area contributed by atoms with Crippen LogP contribution in [0.4, 0.5) is 0 Å². The molecule has 2 atom stereocenters. The van der Waals surface area contributed by atoms with Gasteiger partial charge in [0.15, 0.2) is 0 Å². The lowest BCUT2D eigenvalue weighted by Gasteiger charge is -2.39. The topological polar surface area (TPSA) is 79.3 Å². The molecule has 0 aliphatic heterocycles. The number of ether oxygens (including phenoxy) is 2. The molecule has 2 saturated carbocycles. The SMILES string of the molecule is CCCCCCCCC(CCCCCC)CC(=O)OCC(CCCCN(CCN(CCO)C1CCCC1)C1CCC1)COC(=O)CC(CCCCCC)CCCCCCCC. The predicted molar refractivity (Wildman–Crippen MR) is 259 cm³/mol. The van der Waals surface area contributed by atoms with Crippen LogP contribution in [-0.4, -0.2) is 84.9 Å². The summed E-state index contributed by atoms with van der Waals surface area (Å²) in [5.74, 6) is 0.745. The number of rotatable bonds is 44. The molecule has 0 heterocycles. The fourth-order valence-corrected chi connectivity index (χ4v) is 10.2. The zero-order chi connectivity index (χ0) is 44.0. The Labute approximate surface area is 379 Å². The molecule has 0 amide bonds. The van der Waals surface area contributed by atoms with Crippen molar-refractivity contribution in [3.8, 4) is 0 Å². The highest BCUT2D eigenvalue weighted by Gasteiger charge is 2.28. The van der Waals surface area contributed by atoms with Gasteiger partial charge in [0.05, 0.1) is 19.8 Å². The smallest absolute Gasteiger partial charge is 0.306 e. The minimum atomic E-state index is -0.0558. The number of unbranched alkanes of at least 4 members (excludes halogenated alkanes) is 17. The van der Waals surface area contributed by atoms with Gasteiger partial charge in [0.25, 0.3) is 0 Å². The molecule has 2 rings (SSSR count). The van der Waals surface area contributed by atoms with Gasteiger partial charge in [-0.25, -0.2) is 0 Å². The van der Waals surface area contributed by atoms with Gasteiger partial charge in [-0.1, -0.05) is 182 Å². The molecule has 0 aromatic carbocycles. The average Bonchev–Trinajstić information content (AvgIpc) is 3.78. The van der Waals surface area contributed by atoms with Gasteiger partial charge >= 0.3 is 11.9 Å². The second-order valence-electron chi connectivity index (χ2n) is 20.0. The van der Waals surface area contributed by atoms with E-state index in [0.717, 1.165) is 71.1 Å². The molecule has 7 heteroatoms. The molecule has 2 aliphatic rings. The third-order valence-electron chi connectivity index (χ3n) is 14.5. The first-order valence-corrected chi connectivity index (χ1v) is 27.3. The molecule has 0 bridgehead atoms. The van der Waals surface area contributed by atoms with E-state index in [1.54, 1.807) is 0 Å². The van der Waals surface area contributed by atoms with Crippen LogP contribution in [0.5, 0.6) is 0 Å². The van der Waals surface area contributed by atoms with Crippen molar-refractivity contribution in [1.82, 2.24) is 9.80 Å². The maximum absolute atomic E-state index is 13.5. The molecule has 2 aliphatic carbocycles.